The third kappa shape index (κ3) is 7.09. The molecule has 2 heteroatoms. The molecule has 2 nitrogen and oxygen atoms in total. The van der Waals surface area contributed by atoms with Gasteiger partial charge in [0, 0.05) is 12.8 Å². The molecule has 0 aliphatic carbocycles. The first-order valence-electron chi connectivity index (χ1n) is 7.77. The predicted octanol–water partition coefficient (Wildman–Crippen LogP) is 4.81. The Hall–Kier alpha value is -1.62. The summed E-state index contributed by atoms with van der Waals surface area (Å²) in [5.41, 5.74) is 1.66. The molecule has 0 fully saturated rings. The maximum Gasteiger partial charge on any atom is 0.137 e. The van der Waals surface area contributed by atoms with Crippen LogP contribution in [0.4, 0.5) is 0 Å². The first kappa shape index (κ1) is 16.4. The van der Waals surface area contributed by atoms with Crippen molar-refractivity contribution in [2.75, 3.05) is 0 Å². The van der Waals surface area contributed by atoms with Gasteiger partial charge < -0.3 is 0 Å². The molecule has 0 saturated carbocycles. The Morgan fingerprint density at radius 3 is 2.20 bits per heavy atom. The summed E-state index contributed by atoms with van der Waals surface area (Å²) in [6, 6.07) is 9.39. The molecule has 0 N–H and O–H groups in total. The van der Waals surface area contributed by atoms with Gasteiger partial charge in [0.25, 0.3) is 0 Å². The van der Waals surface area contributed by atoms with Crippen molar-refractivity contribution in [3.8, 4) is 6.07 Å². The molecule has 108 valence electrons. The average Bonchev–Trinajstić information content (AvgIpc) is 2.47. The van der Waals surface area contributed by atoms with Gasteiger partial charge in [-0.15, -0.1) is 0 Å². The second-order valence-corrected chi connectivity index (χ2v) is 5.40. The van der Waals surface area contributed by atoms with Crippen molar-refractivity contribution >= 4 is 5.78 Å². The standard InChI is InChI=1S/C18H25NO/c1-2-3-4-5-6-7-8-9-18(20)14-16-10-12-17(15-19)13-11-16/h10-13H,2-9,14H2,1H3. The number of nitrogens with zero attached hydrogens (tertiary/aromatic N) is 1. The molecular weight excluding hydrogens is 246 g/mol. The molecule has 1 rings (SSSR count). The van der Waals surface area contributed by atoms with Crippen LogP contribution < -0.4 is 0 Å². The highest BCUT2D eigenvalue weighted by Gasteiger charge is 2.03. The van der Waals surface area contributed by atoms with Gasteiger partial charge >= 0.3 is 0 Å². The van der Waals surface area contributed by atoms with Crippen LogP contribution in [-0.2, 0) is 11.2 Å². The van der Waals surface area contributed by atoms with Crippen LogP contribution in [0, 0.1) is 11.3 Å². The summed E-state index contributed by atoms with van der Waals surface area (Å²) in [5, 5.41) is 8.71. The van der Waals surface area contributed by atoms with E-state index in [0.717, 1.165) is 12.0 Å². The van der Waals surface area contributed by atoms with Crippen LogP contribution in [-0.4, -0.2) is 5.78 Å². The fraction of sp³-hybridized carbons (Fsp3) is 0.556. The quantitative estimate of drug-likeness (QED) is 0.573. The Morgan fingerprint density at radius 1 is 1.00 bits per heavy atom. The molecule has 0 atom stereocenters. The third-order valence-corrected chi connectivity index (χ3v) is 3.54. The minimum absolute atomic E-state index is 0.309. The zero-order valence-corrected chi connectivity index (χ0v) is 12.5. The van der Waals surface area contributed by atoms with Crippen LogP contribution in [0.15, 0.2) is 24.3 Å². The zero-order chi connectivity index (χ0) is 14.6. The van der Waals surface area contributed by atoms with Gasteiger partial charge in [0.2, 0.25) is 0 Å². The van der Waals surface area contributed by atoms with Crippen molar-refractivity contribution in [3.05, 3.63) is 35.4 Å². The first-order chi connectivity index (χ1) is 9.76. The highest BCUT2D eigenvalue weighted by atomic mass is 16.1. The molecule has 0 radical (unpaired) electrons. The largest absolute Gasteiger partial charge is 0.299 e. The van der Waals surface area contributed by atoms with Crippen molar-refractivity contribution in [2.24, 2.45) is 0 Å². The van der Waals surface area contributed by atoms with Crippen LogP contribution in [0.5, 0.6) is 0 Å². The molecule has 0 heterocycles. The Labute approximate surface area is 122 Å². The highest BCUT2D eigenvalue weighted by Crippen LogP contribution is 2.10. The van der Waals surface area contributed by atoms with Crippen molar-refractivity contribution < 1.29 is 4.79 Å². The topological polar surface area (TPSA) is 40.9 Å². The Bertz CT molecular complexity index is 428. The van der Waals surface area contributed by atoms with Crippen molar-refractivity contribution in [1.29, 1.82) is 5.26 Å². The van der Waals surface area contributed by atoms with E-state index in [1.165, 1.54) is 38.5 Å². The fourth-order valence-corrected chi connectivity index (χ4v) is 2.29. The summed E-state index contributed by atoms with van der Waals surface area (Å²) in [7, 11) is 0. The SMILES string of the molecule is CCCCCCCCCC(=O)Cc1ccc(C#N)cc1. The number of ketones is 1. The summed E-state index contributed by atoms with van der Waals surface area (Å²) in [6.45, 7) is 2.22. The van der Waals surface area contributed by atoms with Gasteiger partial charge in [0.1, 0.15) is 5.78 Å². The lowest BCUT2D eigenvalue weighted by atomic mass is 10.0. The van der Waals surface area contributed by atoms with Crippen LogP contribution >= 0.6 is 0 Å². The average molecular weight is 271 g/mol. The molecule has 1 aromatic rings. The predicted molar refractivity (Wildman–Crippen MR) is 82.5 cm³/mol. The maximum atomic E-state index is 11.8. The molecule has 1 aromatic carbocycles. The minimum Gasteiger partial charge on any atom is -0.299 e. The fourth-order valence-electron chi connectivity index (χ4n) is 2.29. The van der Waals surface area contributed by atoms with E-state index in [9.17, 15) is 4.79 Å². The number of unbranched alkanes of at least 4 members (excludes halogenated alkanes) is 6. The monoisotopic (exact) mass is 271 g/mol. The zero-order valence-electron chi connectivity index (χ0n) is 12.5. The number of rotatable bonds is 10. The van der Waals surface area contributed by atoms with Gasteiger partial charge in [-0.1, -0.05) is 57.6 Å². The van der Waals surface area contributed by atoms with Gasteiger partial charge in [-0.2, -0.15) is 5.26 Å². The van der Waals surface area contributed by atoms with Gasteiger partial charge in [-0.3, -0.25) is 4.79 Å². The van der Waals surface area contributed by atoms with E-state index in [4.69, 9.17) is 5.26 Å². The number of hydrogen-bond donors (Lipinski definition) is 0. The van der Waals surface area contributed by atoms with E-state index >= 15 is 0 Å². The van der Waals surface area contributed by atoms with Gasteiger partial charge in [-0.05, 0) is 24.1 Å². The Balaban J connectivity index is 2.12. The number of benzene rings is 1. The molecule has 0 aliphatic heterocycles. The van der Waals surface area contributed by atoms with E-state index in [1.807, 2.05) is 12.1 Å². The number of carbonyl (C=O) groups excluding carboxylic acids is 1. The number of carbonyl (C=O) groups is 1. The third-order valence-electron chi connectivity index (χ3n) is 3.54. The Kier molecular flexibility index (Phi) is 8.38. The van der Waals surface area contributed by atoms with Crippen molar-refractivity contribution in [3.63, 3.8) is 0 Å². The summed E-state index contributed by atoms with van der Waals surface area (Å²) in [4.78, 5) is 11.8. The second-order valence-electron chi connectivity index (χ2n) is 5.40. The van der Waals surface area contributed by atoms with E-state index in [0.29, 0.717) is 24.2 Å². The lowest BCUT2D eigenvalue weighted by Gasteiger charge is -2.02. The molecule has 0 bridgehead atoms. The van der Waals surface area contributed by atoms with Gasteiger partial charge in [0.15, 0.2) is 0 Å². The summed E-state index contributed by atoms with van der Waals surface area (Å²) in [5.74, 6) is 0.309. The second kappa shape index (κ2) is 10.2. The molecule has 20 heavy (non-hydrogen) atoms. The number of hydrogen-bond acceptors (Lipinski definition) is 2. The highest BCUT2D eigenvalue weighted by molar-refractivity contribution is 5.80. The number of Topliss-reactive ketones (excluding diaryl/α,β-unsaturated/α-hetero) is 1. The molecular formula is C18H25NO. The summed E-state index contributed by atoms with van der Waals surface area (Å²) < 4.78 is 0. The van der Waals surface area contributed by atoms with Crippen molar-refractivity contribution in [2.45, 2.75) is 64.7 Å². The summed E-state index contributed by atoms with van der Waals surface area (Å²) in [6.07, 6.45) is 9.87. The van der Waals surface area contributed by atoms with E-state index in [2.05, 4.69) is 13.0 Å². The molecule has 0 spiro atoms. The van der Waals surface area contributed by atoms with Crippen LogP contribution in [0.1, 0.15) is 69.4 Å². The van der Waals surface area contributed by atoms with Gasteiger partial charge in [0.05, 0.1) is 11.6 Å². The van der Waals surface area contributed by atoms with E-state index in [1.54, 1.807) is 12.1 Å². The van der Waals surface area contributed by atoms with Crippen LogP contribution in [0.3, 0.4) is 0 Å². The first-order valence-corrected chi connectivity index (χ1v) is 7.77. The van der Waals surface area contributed by atoms with Crippen LogP contribution in [0.2, 0.25) is 0 Å². The lowest BCUT2D eigenvalue weighted by Crippen LogP contribution is -2.02. The normalized spacial score (nSPS) is 10.2. The van der Waals surface area contributed by atoms with Crippen molar-refractivity contribution in [1.82, 2.24) is 0 Å². The Morgan fingerprint density at radius 2 is 1.60 bits per heavy atom. The maximum absolute atomic E-state index is 11.8. The molecule has 0 amide bonds. The van der Waals surface area contributed by atoms with Gasteiger partial charge in [-0.25, -0.2) is 0 Å². The smallest absolute Gasteiger partial charge is 0.137 e. The van der Waals surface area contributed by atoms with Crippen LogP contribution in [0.25, 0.3) is 0 Å². The van der Waals surface area contributed by atoms with E-state index in [-0.39, 0.29) is 0 Å². The molecule has 0 aliphatic rings. The molecule has 0 saturated heterocycles. The summed E-state index contributed by atoms with van der Waals surface area (Å²) >= 11 is 0. The number of nitriles is 1. The molecule has 0 unspecified atom stereocenters. The minimum atomic E-state index is 0.309. The molecule has 0 aromatic heterocycles. The lowest BCUT2D eigenvalue weighted by molar-refractivity contribution is -0.118. The van der Waals surface area contributed by atoms with E-state index < -0.39 is 0 Å².